The summed E-state index contributed by atoms with van der Waals surface area (Å²) in [6, 6.07) is 2.00. The van der Waals surface area contributed by atoms with E-state index in [9.17, 15) is 4.21 Å². The number of thiophene rings is 1. The summed E-state index contributed by atoms with van der Waals surface area (Å²) in [5, 5.41) is 1.77. The molecule has 0 amide bonds. The Balaban J connectivity index is 2.64. The summed E-state index contributed by atoms with van der Waals surface area (Å²) in [6.45, 7) is 3.87. The third-order valence-electron chi connectivity index (χ3n) is 3.54. The predicted octanol–water partition coefficient (Wildman–Crippen LogP) is 2.01. The van der Waals surface area contributed by atoms with Crippen molar-refractivity contribution in [3.8, 4) is 0 Å². The van der Waals surface area contributed by atoms with Crippen molar-refractivity contribution in [3.05, 3.63) is 20.8 Å². The van der Waals surface area contributed by atoms with E-state index in [1.807, 2.05) is 25.3 Å². The van der Waals surface area contributed by atoms with E-state index >= 15 is 0 Å². The second kappa shape index (κ2) is 4.25. The van der Waals surface area contributed by atoms with Gasteiger partial charge in [-0.3, -0.25) is 4.31 Å². The highest BCUT2D eigenvalue weighted by molar-refractivity contribution is 9.10. The summed E-state index contributed by atoms with van der Waals surface area (Å²) in [4.78, 5) is 5.58. The lowest BCUT2D eigenvalue weighted by Gasteiger charge is -2.42. The van der Waals surface area contributed by atoms with Gasteiger partial charge in [-0.1, -0.05) is 0 Å². The molecule has 100 valence electrons. The average Bonchev–Trinajstić information content (AvgIpc) is 2.72. The normalized spacial score (nSPS) is 36.6. The first-order chi connectivity index (χ1) is 8.19. The molecule has 0 bridgehead atoms. The van der Waals surface area contributed by atoms with Crippen LogP contribution >= 0.6 is 27.3 Å². The molecule has 0 fully saturated rings. The van der Waals surface area contributed by atoms with Gasteiger partial charge in [0.2, 0.25) is 5.96 Å². The van der Waals surface area contributed by atoms with Crippen LogP contribution in [0.4, 0.5) is 0 Å². The Morgan fingerprint density at radius 2 is 2.33 bits per heavy atom. The van der Waals surface area contributed by atoms with Gasteiger partial charge in [-0.05, 0) is 41.7 Å². The summed E-state index contributed by atoms with van der Waals surface area (Å²) in [5.74, 6) is 4.13. The number of nitrogens with two attached hydrogens (primary N) is 1. The number of hydrogen-bond donors (Lipinski definition) is 1. The van der Waals surface area contributed by atoms with Gasteiger partial charge >= 0.3 is 0 Å². The molecule has 2 rings (SSSR count). The zero-order chi connectivity index (χ0) is 13.7. The minimum Gasteiger partial charge on any atom is -0.369 e. The maximum atomic E-state index is 12.7. The Morgan fingerprint density at radius 3 is 2.83 bits per heavy atom. The quantitative estimate of drug-likeness (QED) is 0.788. The molecular formula is C11H16BrN3OS2. The minimum absolute atomic E-state index is 0.215. The highest BCUT2D eigenvalue weighted by Gasteiger charge is 2.44. The third kappa shape index (κ3) is 1.88. The largest absolute Gasteiger partial charge is 0.369 e. The average molecular weight is 350 g/mol. The number of rotatable bonds is 1. The van der Waals surface area contributed by atoms with Crippen LogP contribution in [0.3, 0.4) is 0 Å². The fourth-order valence-electron chi connectivity index (χ4n) is 1.99. The van der Waals surface area contributed by atoms with Gasteiger partial charge in [0.15, 0.2) is 0 Å². The van der Waals surface area contributed by atoms with E-state index in [1.165, 1.54) is 4.31 Å². The Kier molecular flexibility index (Phi) is 3.28. The second-order valence-electron chi connectivity index (χ2n) is 4.58. The summed E-state index contributed by atoms with van der Waals surface area (Å²) in [6.07, 6.45) is 0. The molecule has 2 unspecified atom stereocenters. The summed E-state index contributed by atoms with van der Waals surface area (Å²) < 4.78 is 15.2. The first kappa shape index (κ1) is 13.9. The standard InChI is InChI=1S/C11H16BrN3OS2/c1-7-11(2,9-5-8(12)6-17-9)14-10(13)15(3)18(7,4)16/h5-7H,4H2,1-3H3,(H2,13,14)/t7?,11-,18?/m0/s1. The molecule has 7 heteroatoms. The van der Waals surface area contributed by atoms with Crippen LogP contribution in [0.1, 0.15) is 18.7 Å². The fourth-order valence-corrected chi connectivity index (χ4v) is 5.41. The molecule has 0 saturated carbocycles. The number of hydrogen-bond acceptors (Lipinski definition) is 4. The number of guanidine groups is 1. The Bertz CT molecular complexity index is 608. The van der Waals surface area contributed by atoms with Gasteiger partial charge < -0.3 is 5.73 Å². The van der Waals surface area contributed by atoms with Crippen molar-refractivity contribution in [2.75, 3.05) is 7.05 Å². The summed E-state index contributed by atoms with van der Waals surface area (Å²) in [5.41, 5.74) is 5.29. The third-order valence-corrected chi connectivity index (χ3v) is 8.14. The summed E-state index contributed by atoms with van der Waals surface area (Å²) >= 11 is 5.01. The van der Waals surface area contributed by atoms with E-state index in [-0.39, 0.29) is 11.2 Å². The second-order valence-corrected chi connectivity index (χ2v) is 9.04. The molecule has 0 saturated heterocycles. The van der Waals surface area contributed by atoms with Crippen LogP contribution in [0, 0.1) is 0 Å². The minimum atomic E-state index is -2.47. The van der Waals surface area contributed by atoms with Crippen molar-refractivity contribution in [1.82, 2.24) is 4.31 Å². The van der Waals surface area contributed by atoms with Crippen LogP contribution < -0.4 is 5.73 Å². The lowest BCUT2D eigenvalue weighted by molar-refractivity contribution is 0.455. The van der Waals surface area contributed by atoms with E-state index in [1.54, 1.807) is 18.4 Å². The Morgan fingerprint density at radius 1 is 1.72 bits per heavy atom. The van der Waals surface area contributed by atoms with Gasteiger partial charge in [0.1, 0.15) is 5.54 Å². The monoisotopic (exact) mass is 349 g/mol. The molecule has 0 aliphatic carbocycles. The van der Waals surface area contributed by atoms with Crippen molar-refractivity contribution in [1.29, 1.82) is 0 Å². The van der Waals surface area contributed by atoms with Crippen molar-refractivity contribution >= 4 is 48.8 Å². The Labute approximate surface area is 120 Å². The zero-order valence-corrected chi connectivity index (χ0v) is 13.7. The molecule has 2 N–H and O–H groups in total. The van der Waals surface area contributed by atoms with E-state index < -0.39 is 15.2 Å². The van der Waals surface area contributed by atoms with E-state index in [0.717, 1.165) is 9.35 Å². The van der Waals surface area contributed by atoms with Gasteiger partial charge in [0.25, 0.3) is 0 Å². The number of nitrogens with zero attached hydrogens (tertiary/aromatic N) is 2. The van der Waals surface area contributed by atoms with Gasteiger partial charge in [-0.2, -0.15) is 0 Å². The molecule has 18 heavy (non-hydrogen) atoms. The van der Waals surface area contributed by atoms with Gasteiger partial charge in [0.05, 0.1) is 15.0 Å². The summed E-state index contributed by atoms with van der Waals surface area (Å²) in [7, 11) is -0.792. The topological polar surface area (TPSA) is 58.7 Å². The molecule has 1 aliphatic rings. The van der Waals surface area contributed by atoms with Crippen LogP contribution in [0.5, 0.6) is 0 Å². The predicted molar refractivity (Wildman–Crippen MR) is 83.5 cm³/mol. The van der Waals surface area contributed by atoms with E-state index in [2.05, 4.69) is 26.8 Å². The van der Waals surface area contributed by atoms with E-state index in [4.69, 9.17) is 5.73 Å². The number of aliphatic imine (C=N–C) groups is 1. The SMILES string of the molecule is C=S1(=O)C(C)[C@@](C)(c2cc(Br)cs2)N=C(N)N1C. The molecule has 0 spiro atoms. The molecule has 1 aromatic rings. The highest BCUT2D eigenvalue weighted by Crippen LogP contribution is 2.41. The fraction of sp³-hybridized carbons (Fsp3) is 0.455. The van der Waals surface area contributed by atoms with Gasteiger partial charge in [-0.15, -0.1) is 11.3 Å². The Hall–Kier alpha value is -0.530. The van der Waals surface area contributed by atoms with Crippen LogP contribution in [-0.2, 0) is 15.2 Å². The lowest BCUT2D eigenvalue weighted by Crippen LogP contribution is -2.54. The van der Waals surface area contributed by atoms with Crippen molar-refractivity contribution in [3.63, 3.8) is 0 Å². The molecule has 4 nitrogen and oxygen atoms in total. The molecular weight excluding hydrogens is 334 g/mol. The van der Waals surface area contributed by atoms with Crippen molar-refractivity contribution in [2.45, 2.75) is 24.6 Å². The zero-order valence-electron chi connectivity index (χ0n) is 10.5. The molecule has 1 aliphatic heterocycles. The molecule has 0 aromatic carbocycles. The van der Waals surface area contributed by atoms with Crippen molar-refractivity contribution in [2.24, 2.45) is 10.7 Å². The molecule has 2 heterocycles. The van der Waals surface area contributed by atoms with Crippen LogP contribution in [0.15, 0.2) is 20.9 Å². The van der Waals surface area contributed by atoms with Crippen LogP contribution in [-0.4, -0.2) is 32.6 Å². The first-order valence-electron chi connectivity index (χ1n) is 5.39. The van der Waals surface area contributed by atoms with Crippen LogP contribution in [0.25, 0.3) is 0 Å². The lowest BCUT2D eigenvalue weighted by atomic mass is 9.97. The number of halogens is 1. The molecule has 3 atom stereocenters. The first-order valence-corrected chi connectivity index (χ1v) is 8.81. The molecule has 1 aromatic heterocycles. The van der Waals surface area contributed by atoms with Crippen molar-refractivity contribution < 1.29 is 4.21 Å². The smallest absolute Gasteiger partial charge is 0.203 e. The maximum Gasteiger partial charge on any atom is 0.203 e. The molecule has 0 radical (unpaired) electrons. The van der Waals surface area contributed by atoms with E-state index in [0.29, 0.717) is 0 Å². The maximum absolute atomic E-state index is 12.7. The van der Waals surface area contributed by atoms with Gasteiger partial charge in [-0.25, -0.2) is 9.20 Å². The van der Waals surface area contributed by atoms with Gasteiger partial charge in [0, 0.05) is 21.8 Å². The highest BCUT2D eigenvalue weighted by atomic mass is 79.9. The van der Waals surface area contributed by atoms with Crippen LogP contribution in [0.2, 0.25) is 0 Å².